The van der Waals surface area contributed by atoms with E-state index >= 15 is 0 Å². The summed E-state index contributed by atoms with van der Waals surface area (Å²) in [7, 11) is 2.42. The van der Waals surface area contributed by atoms with Crippen LogP contribution in [-0.4, -0.2) is 17.9 Å². The summed E-state index contributed by atoms with van der Waals surface area (Å²) in [4.78, 5) is 11.5. The summed E-state index contributed by atoms with van der Waals surface area (Å²) in [5.74, 6) is 0.656. The molecule has 0 amide bonds. The molecule has 2 aliphatic heterocycles. The number of hydrogen-bond donors (Lipinski definition) is 0. The lowest BCUT2D eigenvalue weighted by atomic mass is 9.83. The Bertz CT molecular complexity index is 3320. The Kier molecular flexibility index (Phi) is 43.0. The molecule has 0 radical (unpaired) electrons. The van der Waals surface area contributed by atoms with Gasteiger partial charge in [-0.05, 0) is 164 Å². The summed E-state index contributed by atoms with van der Waals surface area (Å²) in [6.45, 7) is 49.4. The van der Waals surface area contributed by atoms with Crippen molar-refractivity contribution in [2.24, 2.45) is 5.92 Å². The van der Waals surface area contributed by atoms with Crippen LogP contribution >= 0.6 is 32.3 Å². The molecule has 0 fully saturated rings. The summed E-state index contributed by atoms with van der Waals surface area (Å²) in [5.41, 5.74) is 21.9. The van der Waals surface area contributed by atoms with Crippen LogP contribution in [0.5, 0.6) is 0 Å². The number of aromatic nitrogens is 1. The van der Waals surface area contributed by atoms with E-state index in [0.717, 1.165) is 73.2 Å². The smallest absolute Gasteiger partial charge is 0.124 e. The maximum atomic E-state index is 5.23. The Hall–Kier alpha value is -6.49. The van der Waals surface area contributed by atoms with E-state index in [4.69, 9.17) is 11.6 Å². The standard InChI is InChI=1S/C67H65N3S2.8C2H6.CH5P/c1-7-9-35-65(71-6)47(4)53-28-20-29-54(42-53)49(22-8-2)26-19-23-46(3)69-61-34-21-27-50(36-37-55(61)43-56-44-66-60(45-64(56)69)68-67(72-66)52-24-13-12-14-25-52)51-38-40-59-48(5)58-32-17-18-33-62(58)70(63(59)41-39-51)57-30-15-10-11-16-31-57;9*1-2/h7-10,12-18,20-22,24-33,35,38-39,41-42,44-45,48,50H,1,3,11,19,23,34,36-37,40,43H2,2,4-6H3;8*1-2H3;2H2,1H3/b22-8-,27-21-,35-9-,49-26?,65-47-;;;;;;;;;. The van der Waals surface area contributed by atoms with Crippen molar-refractivity contribution in [2.45, 2.75) is 189 Å². The number of hydrogen-bond acceptors (Lipinski definition) is 5. The van der Waals surface area contributed by atoms with Gasteiger partial charge in [0.15, 0.2) is 0 Å². The lowest BCUT2D eigenvalue weighted by molar-refractivity contribution is 0.649. The van der Waals surface area contributed by atoms with Gasteiger partial charge >= 0.3 is 0 Å². The molecule has 0 saturated heterocycles. The minimum atomic E-state index is 0.321. The van der Waals surface area contributed by atoms with E-state index in [-0.39, 0.29) is 0 Å². The lowest BCUT2D eigenvalue weighted by Gasteiger charge is -2.38. The van der Waals surface area contributed by atoms with Crippen LogP contribution in [0.1, 0.15) is 205 Å². The Balaban J connectivity index is 0.00000207. The second kappa shape index (κ2) is 47.4. The summed E-state index contributed by atoms with van der Waals surface area (Å²) >= 11 is 3.56. The van der Waals surface area contributed by atoms with Crippen molar-refractivity contribution < 1.29 is 0 Å². The molecule has 0 saturated carbocycles. The van der Waals surface area contributed by atoms with Gasteiger partial charge in [-0.1, -0.05) is 277 Å². The number of thioether (sulfide) groups is 1. The second-order valence-electron chi connectivity index (χ2n) is 19.2. The van der Waals surface area contributed by atoms with Crippen LogP contribution in [0.3, 0.4) is 0 Å². The average molecular weight is 1260 g/mol. The Morgan fingerprint density at radius 1 is 0.756 bits per heavy atom. The zero-order valence-electron chi connectivity index (χ0n) is 59.9. The number of nitrogens with zero attached hydrogens (tertiary/aromatic N) is 3. The summed E-state index contributed by atoms with van der Waals surface area (Å²) in [6.07, 6.45) is 46.0. The van der Waals surface area contributed by atoms with E-state index in [2.05, 4.69) is 229 Å². The number of rotatable bonds is 13. The predicted molar refractivity (Wildman–Crippen MR) is 421 cm³/mol. The van der Waals surface area contributed by atoms with Gasteiger partial charge in [0.25, 0.3) is 0 Å². The van der Waals surface area contributed by atoms with Gasteiger partial charge in [0.1, 0.15) is 5.01 Å². The van der Waals surface area contributed by atoms with Crippen LogP contribution in [-0.2, 0) is 6.42 Å². The van der Waals surface area contributed by atoms with Crippen LogP contribution in [0, 0.1) is 5.92 Å². The number of thiazole rings is 1. The SMILES string of the molecule is C=C/C=C\C(SC)=C(/C)c1cccc(C(=CCCC(=C)N2C3=C(CCC(C4=CCC5=C(C=C4)N(C4=CC=CCC=C4)c4ccccc4C5C)/C=C\C3)Cc3cc4sc(-c5ccccc5)nc4cc32)/C=C\C)c1.CC.CC.CC.CC.CC.CC.CC.CC.CP. The van der Waals surface area contributed by atoms with Crippen molar-refractivity contribution in [1.82, 2.24) is 4.98 Å². The van der Waals surface area contributed by atoms with E-state index in [1.54, 1.807) is 23.1 Å². The van der Waals surface area contributed by atoms with Crippen LogP contribution < -0.4 is 9.80 Å². The average Bonchev–Trinajstić information content (AvgIpc) is 1.27. The maximum Gasteiger partial charge on any atom is 0.124 e. The molecule has 3 aliphatic carbocycles. The molecule has 0 spiro atoms. The maximum absolute atomic E-state index is 5.23. The van der Waals surface area contributed by atoms with Gasteiger partial charge in [-0.15, -0.1) is 32.3 Å². The Morgan fingerprint density at radius 3 is 2.11 bits per heavy atom. The number of fused-ring (bicyclic) bond motifs is 3. The fraction of sp³-hybridized carbons (Fsp3) is 0.369. The fourth-order valence-electron chi connectivity index (χ4n) is 11.1. The molecule has 6 heteroatoms. The largest absolute Gasteiger partial charge is 0.318 e. The number of allylic oxidation sites excluding steroid dienone is 22. The summed E-state index contributed by atoms with van der Waals surface area (Å²) in [6, 6.07) is 33.3. The predicted octanol–water partition coefficient (Wildman–Crippen LogP) is 27.6. The van der Waals surface area contributed by atoms with E-state index < -0.39 is 0 Å². The molecule has 0 bridgehead atoms. The number of benzene rings is 4. The molecule has 1 aromatic heterocycles. The Labute approximate surface area is 562 Å². The molecule has 10 rings (SSSR count). The van der Waals surface area contributed by atoms with Gasteiger partial charge < -0.3 is 9.80 Å². The summed E-state index contributed by atoms with van der Waals surface area (Å²) in [5, 5.41) is 1.06. The van der Waals surface area contributed by atoms with Crippen molar-refractivity contribution in [3.8, 4) is 10.6 Å². The van der Waals surface area contributed by atoms with Gasteiger partial charge in [0.2, 0.25) is 0 Å². The summed E-state index contributed by atoms with van der Waals surface area (Å²) < 4.78 is 1.24. The highest BCUT2D eigenvalue weighted by Gasteiger charge is 2.33. The number of para-hydroxylation sites is 1. The van der Waals surface area contributed by atoms with Crippen molar-refractivity contribution >= 4 is 65.1 Å². The van der Waals surface area contributed by atoms with Gasteiger partial charge in [-0.2, -0.15) is 0 Å². The van der Waals surface area contributed by atoms with Crippen molar-refractivity contribution in [3.63, 3.8) is 0 Å². The first-order chi connectivity index (χ1) is 44.3. The minimum absolute atomic E-state index is 0.321. The molecule has 0 N–H and O–H groups in total. The highest BCUT2D eigenvalue weighted by molar-refractivity contribution is 8.02. The van der Waals surface area contributed by atoms with Crippen LogP contribution in [0.15, 0.2) is 246 Å². The molecule has 3 unspecified atom stereocenters. The lowest BCUT2D eigenvalue weighted by Crippen LogP contribution is -2.28. The first-order valence-corrected chi connectivity index (χ1v) is 37.5. The van der Waals surface area contributed by atoms with Crippen LogP contribution in [0.25, 0.3) is 31.9 Å². The van der Waals surface area contributed by atoms with Crippen LogP contribution in [0.2, 0.25) is 0 Å². The molecular formula is C84H118N3PS2. The first kappa shape index (κ1) is 81.5. The third kappa shape index (κ3) is 21.8. The number of anilines is 2. The molecule has 3 atom stereocenters. The van der Waals surface area contributed by atoms with Gasteiger partial charge in [0.05, 0.1) is 15.9 Å². The molecule has 5 aromatic rings. The monoisotopic (exact) mass is 1260 g/mol. The zero-order chi connectivity index (χ0) is 67.6. The molecular weight excluding hydrogens is 1150 g/mol. The third-order valence-corrected chi connectivity index (χ3v) is 16.8. The highest BCUT2D eigenvalue weighted by Crippen LogP contribution is 2.48. The van der Waals surface area contributed by atoms with E-state index in [9.17, 15) is 0 Å². The quantitative estimate of drug-likeness (QED) is 0.0664. The molecule has 5 aliphatic rings. The van der Waals surface area contributed by atoms with Gasteiger partial charge in [-0.3, -0.25) is 0 Å². The molecule has 4 aromatic carbocycles. The molecule has 90 heavy (non-hydrogen) atoms. The van der Waals surface area contributed by atoms with Crippen molar-refractivity contribution in [3.05, 3.63) is 268 Å². The van der Waals surface area contributed by atoms with Gasteiger partial charge in [-0.25, -0.2) is 4.98 Å². The van der Waals surface area contributed by atoms with Crippen molar-refractivity contribution in [2.75, 3.05) is 22.7 Å². The fourth-order valence-corrected chi connectivity index (χ4v) is 12.7. The first-order valence-electron chi connectivity index (χ1n) is 34.3. The second-order valence-corrected chi connectivity index (χ2v) is 21.1. The molecule has 486 valence electrons. The molecule has 3 nitrogen and oxygen atoms in total. The van der Waals surface area contributed by atoms with E-state index in [0.29, 0.717) is 11.8 Å². The third-order valence-electron chi connectivity index (χ3n) is 14.8. The normalized spacial score (nSPS) is 16.4. The zero-order valence-corrected chi connectivity index (χ0v) is 62.6. The Morgan fingerprint density at radius 2 is 1.43 bits per heavy atom. The van der Waals surface area contributed by atoms with Gasteiger partial charge in [0, 0.05) is 57.2 Å². The van der Waals surface area contributed by atoms with E-state index in [1.165, 1.54) is 88.2 Å². The molecule has 3 heterocycles. The van der Waals surface area contributed by atoms with E-state index in [1.807, 2.05) is 130 Å². The minimum Gasteiger partial charge on any atom is -0.318 e. The highest BCUT2D eigenvalue weighted by atomic mass is 32.2. The topological polar surface area (TPSA) is 19.4 Å². The van der Waals surface area contributed by atoms with Crippen molar-refractivity contribution in [1.29, 1.82) is 0 Å². The van der Waals surface area contributed by atoms with Crippen LogP contribution in [0.4, 0.5) is 11.4 Å².